The molecule has 0 aliphatic rings. The summed E-state index contributed by atoms with van der Waals surface area (Å²) in [5.41, 5.74) is 3.75. The molecule has 2 atom stereocenters. The zero-order chi connectivity index (χ0) is 16.1. The van der Waals surface area contributed by atoms with Crippen molar-refractivity contribution in [2.24, 2.45) is 0 Å². The maximum atomic E-state index is 11.8. The molecule has 0 radical (unpaired) electrons. The third-order valence-electron chi connectivity index (χ3n) is 4.29. The lowest BCUT2D eigenvalue weighted by Crippen LogP contribution is -2.19. The second-order valence-corrected chi connectivity index (χ2v) is 6.14. The fourth-order valence-electron chi connectivity index (χ4n) is 2.87. The predicted octanol–water partition coefficient (Wildman–Crippen LogP) is 4.42. The van der Waals surface area contributed by atoms with Crippen LogP contribution >= 0.6 is 0 Å². The van der Waals surface area contributed by atoms with Crippen LogP contribution in [0.2, 0.25) is 0 Å². The van der Waals surface area contributed by atoms with Crippen molar-refractivity contribution in [3.63, 3.8) is 0 Å². The second-order valence-electron chi connectivity index (χ2n) is 6.14. The Morgan fingerprint density at radius 1 is 0.955 bits per heavy atom. The Morgan fingerprint density at radius 3 is 2.05 bits per heavy atom. The number of carbonyl (C=O) groups excluding carboxylic acids is 1. The van der Waals surface area contributed by atoms with Crippen LogP contribution in [0.15, 0.2) is 54.6 Å². The largest absolute Gasteiger partial charge is 0.303 e. The second kappa shape index (κ2) is 7.37. The molecule has 2 heteroatoms. The summed E-state index contributed by atoms with van der Waals surface area (Å²) < 4.78 is 0. The van der Waals surface area contributed by atoms with Crippen molar-refractivity contribution in [1.82, 2.24) is 4.90 Å². The highest BCUT2D eigenvalue weighted by Gasteiger charge is 2.21. The fourth-order valence-corrected chi connectivity index (χ4v) is 2.87. The van der Waals surface area contributed by atoms with E-state index in [9.17, 15) is 4.79 Å². The summed E-state index contributed by atoms with van der Waals surface area (Å²) in [4.78, 5) is 14.0. The van der Waals surface area contributed by atoms with Crippen LogP contribution in [0, 0.1) is 0 Å². The first-order valence-corrected chi connectivity index (χ1v) is 7.80. The molecule has 0 aliphatic heterocycles. The van der Waals surface area contributed by atoms with Crippen molar-refractivity contribution in [3.05, 3.63) is 71.3 Å². The molecular formula is C20H25NO. The number of Topliss-reactive ketones (excluding diaryl/α,β-unsaturated/α-hetero) is 1. The van der Waals surface area contributed by atoms with Gasteiger partial charge in [-0.05, 0) is 44.6 Å². The van der Waals surface area contributed by atoms with Gasteiger partial charge in [-0.1, -0.05) is 54.6 Å². The summed E-state index contributed by atoms with van der Waals surface area (Å²) in [5.74, 6) is 0.346. The van der Waals surface area contributed by atoms with E-state index in [0.29, 0.717) is 12.5 Å². The minimum atomic E-state index is 0.122. The molecule has 0 unspecified atom stereocenters. The van der Waals surface area contributed by atoms with Gasteiger partial charge in [0.25, 0.3) is 0 Å². The standard InChI is InChI=1S/C20H25NO/c1-15(22)14-20(17-10-6-5-7-11-17)19-13-9-8-12-18(19)16(2)21(3)4/h5-13,16,20H,14H2,1-4H3/t16-,20-/m0/s1. The van der Waals surface area contributed by atoms with Crippen molar-refractivity contribution in [3.8, 4) is 0 Å². The van der Waals surface area contributed by atoms with Gasteiger partial charge in [-0.3, -0.25) is 4.79 Å². The van der Waals surface area contributed by atoms with Crippen LogP contribution in [-0.4, -0.2) is 24.8 Å². The average molecular weight is 295 g/mol. The highest BCUT2D eigenvalue weighted by molar-refractivity contribution is 5.77. The first kappa shape index (κ1) is 16.4. The van der Waals surface area contributed by atoms with Gasteiger partial charge in [0.1, 0.15) is 5.78 Å². The van der Waals surface area contributed by atoms with Gasteiger partial charge in [0.15, 0.2) is 0 Å². The van der Waals surface area contributed by atoms with E-state index < -0.39 is 0 Å². The minimum absolute atomic E-state index is 0.122. The van der Waals surface area contributed by atoms with E-state index in [2.05, 4.69) is 62.3 Å². The Balaban J connectivity index is 2.51. The lowest BCUT2D eigenvalue weighted by atomic mass is 9.83. The maximum absolute atomic E-state index is 11.8. The Morgan fingerprint density at radius 2 is 1.50 bits per heavy atom. The van der Waals surface area contributed by atoms with E-state index in [4.69, 9.17) is 0 Å². The van der Waals surface area contributed by atoms with Crippen molar-refractivity contribution in [2.45, 2.75) is 32.2 Å². The van der Waals surface area contributed by atoms with Gasteiger partial charge in [0.05, 0.1) is 0 Å². The van der Waals surface area contributed by atoms with Gasteiger partial charge in [0, 0.05) is 18.4 Å². The summed E-state index contributed by atoms with van der Waals surface area (Å²) in [7, 11) is 4.17. The van der Waals surface area contributed by atoms with Gasteiger partial charge < -0.3 is 4.90 Å². The molecule has 2 nitrogen and oxygen atoms in total. The van der Waals surface area contributed by atoms with Crippen LogP contribution in [0.1, 0.15) is 48.9 Å². The SMILES string of the molecule is CC(=O)C[C@@H](c1ccccc1)c1ccccc1[C@H](C)N(C)C. The van der Waals surface area contributed by atoms with Crippen LogP contribution in [-0.2, 0) is 4.79 Å². The Labute approximate surface area is 133 Å². The molecule has 0 spiro atoms. The zero-order valence-electron chi connectivity index (χ0n) is 13.9. The number of benzene rings is 2. The number of hydrogen-bond donors (Lipinski definition) is 0. The first-order valence-electron chi connectivity index (χ1n) is 7.80. The molecule has 116 valence electrons. The number of rotatable bonds is 6. The summed E-state index contributed by atoms with van der Waals surface area (Å²) in [5, 5.41) is 0. The molecule has 0 saturated carbocycles. The Bertz CT molecular complexity index is 619. The average Bonchev–Trinajstić information content (AvgIpc) is 2.52. The monoisotopic (exact) mass is 295 g/mol. The normalized spacial score (nSPS) is 13.9. The fraction of sp³-hybridized carbons (Fsp3) is 0.350. The summed E-state index contributed by atoms with van der Waals surface area (Å²) in [6.07, 6.45) is 0.543. The van der Waals surface area contributed by atoms with Gasteiger partial charge in [-0.15, -0.1) is 0 Å². The van der Waals surface area contributed by atoms with E-state index in [1.54, 1.807) is 6.92 Å². The van der Waals surface area contributed by atoms with Gasteiger partial charge in [-0.2, -0.15) is 0 Å². The summed E-state index contributed by atoms with van der Waals surface area (Å²) >= 11 is 0. The van der Waals surface area contributed by atoms with Crippen molar-refractivity contribution < 1.29 is 4.79 Å². The van der Waals surface area contributed by atoms with Crippen LogP contribution in [0.5, 0.6) is 0 Å². The predicted molar refractivity (Wildman–Crippen MR) is 92.1 cm³/mol. The number of hydrogen-bond acceptors (Lipinski definition) is 2. The highest BCUT2D eigenvalue weighted by atomic mass is 16.1. The molecule has 2 rings (SSSR count). The van der Waals surface area contributed by atoms with Crippen LogP contribution < -0.4 is 0 Å². The number of carbonyl (C=O) groups is 1. The molecule has 0 aromatic heterocycles. The molecule has 0 N–H and O–H groups in total. The van der Waals surface area contributed by atoms with Crippen LogP contribution in [0.4, 0.5) is 0 Å². The van der Waals surface area contributed by atoms with Gasteiger partial charge in [-0.25, -0.2) is 0 Å². The highest BCUT2D eigenvalue weighted by Crippen LogP contribution is 2.34. The molecule has 0 heterocycles. The van der Waals surface area contributed by atoms with E-state index in [1.807, 2.05) is 18.2 Å². The van der Waals surface area contributed by atoms with E-state index >= 15 is 0 Å². The Hall–Kier alpha value is -1.93. The lowest BCUT2D eigenvalue weighted by molar-refractivity contribution is -0.117. The molecule has 0 bridgehead atoms. The molecule has 2 aromatic carbocycles. The first-order chi connectivity index (χ1) is 10.5. The molecule has 0 fully saturated rings. The molecular weight excluding hydrogens is 270 g/mol. The zero-order valence-corrected chi connectivity index (χ0v) is 13.9. The van der Waals surface area contributed by atoms with Crippen molar-refractivity contribution in [1.29, 1.82) is 0 Å². The third kappa shape index (κ3) is 3.83. The quantitative estimate of drug-likeness (QED) is 0.786. The number of ketones is 1. The topological polar surface area (TPSA) is 20.3 Å². The summed E-state index contributed by atoms with van der Waals surface area (Å²) in [6.45, 7) is 3.88. The lowest BCUT2D eigenvalue weighted by Gasteiger charge is -2.27. The van der Waals surface area contributed by atoms with Gasteiger partial charge in [0.2, 0.25) is 0 Å². The summed E-state index contributed by atoms with van der Waals surface area (Å²) in [6, 6.07) is 19.1. The Kier molecular flexibility index (Phi) is 5.51. The van der Waals surface area contributed by atoms with E-state index in [-0.39, 0.29) is 11.7 Å². The van der Waals surface area contributed by atoms with Crippen LogP contribution in [0.25, 0.3) is 0 Å². The molecule has 2 aromatic rings. The van der Waals surface area contributed by atoms with Crippen molar-refractivity contribution in [2.75, 3.05) is 14.1 Å². The van der Waals surface area contributed by atoms with E-state index in [1.165, 1.54) is 16.7 Å². The van der Waals surface area contributed by atoms with E-state index in [0.717, 1.165) is 0 Å². The molecule has 22 heavy (non-hydrogen) atoms. The third-order valence-corrected chi connectivity index (χ3v) is 4.29. The smallest absolute Gasteiger partial charge is 0.130 e. The molecule has 0 aliphatic carbocycles. The van der Waals surface area contributed by atoms with Crippen LogP contribution in [0.3, 0.4) is 0 Å². The molecule has 0 saturated heterocycles. The van der Waals surface area contributed by atoms with Crippen molar-refractivity contribution >= 4 is 5.78 Å². The maximum Gasteiger partial charge on any atom is 0.130 e. The van der Waals surface area contributed by atoms with Gasteiger partial charge >= 0.3 is 0 Å². The number of nitrogens with zero attached hydrogens (tertiary/aromatic N) is 1. The molecule has 0 amide bonds. The minimum Gasteiger partial charge on any atom is -0.303 e.